The topological polar surface area (TPSA) is 88.6 Å². The number of hydrogen-bond acceptors (Lipinski definition) is 7. The van der Waals surface area contributed by atoms with Crippen molar-refractivity contribution in [3.05, 3.63) is 76.1 Å². The number of anilines is 1. The first-order chi connectivity index (χ1) is 14.1. The SMILES string of the molecule is CCOC(=O)C1=C(N)N2C(=C(C#N)C1c1ccccc1OC)Sc1ccccc12. The first-order valence-electron chi connectivity index (χ1n) is 9.13. The number of benzene rings is 2. The van der Waals surface area contributed by atoms with Crippen molar-refractivity contribution in [2.24, 2.45) is 5.73 Å². The minimum Gasteiger partial charge on any atom is -0.496 e. The highest BCUT2D eigenvalue weighted by Gasteiger charge is 2.44. The van der Waals surface area contributed by atoms with Crippen molar-refractivity contribution in [3.8, 4) is 11.8 Å². The fourth-order valence-corrected chi connectivity index (χ4v) is 4.88. The highest BCUT2D eigenvalue weighted by molar-refractivity contribution is 8.03. The van der Waals surface area contributed by atoms with E-state index in [1.807, 2.05) is 42.5 Å². The first kappa shape index (κ1) is 19.0. The van der Waals surface area contributed by atoms with Crippen LogP contribution >= 0.6 is 11.8 Å². The Hall–Kier alpha value is -3.37. The summed E-state index contributed by atoms with van der Waals surface area (Å²) in [5.41, 5.74) is 8.78. The summed E-state index contributed by atoms with van der Waals surface area (Å²) in [6.07, 6.45) is 0. The number of methoxy groups -OCH3 is 1. The number of esters is 1. The van der Waals surface area contributed by atoms with Gasteiger partial charge in [0.15, 0.2) is 0 Å². The number of carbonyl (C=O) groups is 1. The minimum absolute atomic E-state index is 0.206. The van der Waals surface area contributed by atoms with Gasteiger partial charge in [-0.1, -0.05) is 42.1 Å². The Morgan fingerprint density at radius 1 is 1.24 bits per heavy atom. The molecule has 0 fully saturated rings. The van der Waals surface area contributed by atoms with Gasteiger partial charge in [-0.25, -0.2) is 4.79 Å². The van der Waals surface area contributed by atoms with Gasteiger partial charge in [0, 0.05) is 10.5 Å². The van der Waals surface area contributed by atoms with Crippen molar-refractivity contribution < 1.29 is 14.3 Å². The Bertz CT molecular complexity index is 1100. The van der Waals surface area contributed by atoms with Gasteiger partial charge in [-0.2, -0.15) is 5.26 Å². The smallest absolute Gasteiger partial charge is 0.338 e. The van der Waals surface area contributed by atoms with E-state index in [-0.39, 0.29) is 18.0 Å². The molecule has 2 aromatic carbocycles. The number of hydrogen-bond donors (Lipinski definition) is 1. The largest absolute Gasteiger partial charge is 0.496 e. The lowest BCUT2D eigenvalue weighted by Gasteiger charge is -2.33. The maximum absolute atomic E-state index is 13.0. The van der Waals surface area contributed by atoms with E-state index in [2.05, 4.69) is 6.07 Å². The zero-order valence-electron chi connectivity index (χ0n) is 16.0. The Kier molecular flexibility index (Phi) is 4.95. The maximum atomic E-state index is 13.0. The van der Waals surface area contributed by atoms with Crippen LogP contribution in [0.3, 0.4) is 0 Å². The number of nitrogens with two attached hydrogens (primary N) is 1. The van der Waals surface area contributed by atoms with Gasteiger partial charge >= 0.3 is 5.97 Å². The van der Waals surface area contributed by atoms with E-state index >= 15 is 0 Å². The van der Waals surface area contributed by atoms with E-state index < -0.39 is 11.9 Å². The lowest BCUT2D eigenvalue weighted by atomic mass is 9.82. The molecule has 2 heterocycles. The molecule has 0 spiro atoms. The van der Waals surface area contributed by atoms with Crippen LogP contribution in [0, 0.1) is 11.3 Å². The average molecular weight is 405 g/mol. The minimum atomic E-state index is -0.678. The van der Waals surface area contributed by atoms with E-state index in [4.69, 9.17) is 15.2 Å². The van der Waals surface area contributed by atoms with Crippen molar-refractivity contribution >= 4 is 23.4 Å². The van der Waals surface area contributed by atoms with Crippen molar-refractivity contribution in [3.63, 3.8) is 0 Å². The summed E-state index contributed by atoms with van der Waals surface area (Å²) in [5, 5.41) is 10.8. The molecule has 0 radical (unpaired) electrons. The first-order valence-corrected chi connectivity index (χ1v) is 9.94. The molecule has 2 aromatic rings. The summed E-state index contributed by atoms with van der Waals surface area (Å²) >= 11 is 1.47. The number of fused-ring (bicyclic) bond motifs is 3. The molecule has 0 amide bonds. The average Bonchev–Trinajstić information content (AvgIpc) is 3.13. The number of allylic oxidation sites excluding steroid dienone is 1. The zero-order valence-corrected chi connectivity index (χ0v) is 16.8. The van der Waals surface area contributed by atoms with Crippen LogP contribution in [0.4, 0.5) is 5.69 Å². The molecule has 29 heavy (non-hydrogen) atoms. The van der Waals surface area contributed by atoms with Crippen LogP contribution in [0.5, 0.6) is 5.75 Å². The predicted molar refractivity (Wildman–Crippen MR) is 111 cm³/mol. The van der Waals surface area contributed by atoms with Gasteiger partial charge in [-0.3, -0.25) is 4.90 Å². The molecule has 6 nitrogen and oxygen atoms in total. The molecular weight excluding hydrogens is 386 g/mol. The van der Waals surface area contributed by atoms with Crippen LogP contribution in [0.15, 0.2) is 75.4 Å². The van der Waals surface area contributed by atoms with Crippen molar-refractivity contribution in [1.29, 1.82) is 5.26 Å². The van der Waals surface area contributed by atoms with Crippen LogP contribution in [0.2, 0.25) is 0 Å². The molecule has 0 aromatic heterocycles. The van der Waals surface area contributed by atoms with Crippen LogP contribution in [0.25, 0.3) is 0 Å². The second-order valence-corrected chi connectivity index (χ2v) is 7.46. The maximum Gasteiger partial charge on any atom is 0.338 e. The van der Waals surface area contributed by atoms with Crippen molar-refractivity contribution in [1.82, 2.24) is 0 Å². The van der Waals surface area contributed by atoms with Gasteiger partial charge in [0.05, 0.1) is 42.5 Å². The number of rotatable bonds is 4. The van der Waals surface area contributed by atoms with Gasteiger partial charge in [0.2, 0.25) is 0 Å². The molecule has 0 bridgehead atoms. The van der Waals surface area contributed by atoms with E-state index in [0.717, 1.165) is 10.6 Å². The summed E-state index contributed by atoms with van der Waals surface area (Å²) < 4.78 is 10.8. The molecule has 0 saturated heterocycles. The second-order valence-electron chi connectivity index (χ2n) is 6.43. The predicted octanol–water partition coefficient (Wildman–Crippen LogP) is 3.87. The van der Waals surface area contributed by atoms with Crippen molar-refractivity contribution in [2.45, 2.75) is 17.7 Å². The molecule has 146 valence electrons. The second kappa shape index (κ2) is 7.57. The molecule has 1 atom stereocenters. The number of para-hydroxylation sites is 2. The normalized spacial score (nSPS) is 17.6. The molecular formula is C22H19N3O3S. The zero-order chi connectivity index (χ0) is 20.5. The quantitative estimate of drug-likeness (QED) is 0.772. The summed E-state index contributed by atoms with van der Waals surface area (Å²) in [5.74, 6) is -0.370. The Morgan fingerprint density at radius 3 is 2.69 bits per heavy atom. The van der Waals surface area contributed by atoms with Crippen LogP contribution in [-0.4, -0.2) is 19.7 Å². The molecule has 7 heteroatoms. The molecule has 0 aliphatic carbocycles. The standard InChI is InChI=1S/C22H19N3O3S/c1-3-28-22(26)19-18(13-8-4-6-10-16(13)27-2)14(12-23)21-25(20(19)24)15-9-5-7-11-17(15)29-21/h4-11,18H,3,24H2,1-2H3. The molecule has 2 aliphatic rings. The third-order valence-electron chi connectivity index (χ3n) is 4.91. The number of ether oxygens (including phenoxy) is 2. The van der Waals surface area contributed by atoms with E-state index in [9.17, 15) is 10.1 Å². The summed E-state index contributed by atoms with van der Waals surface area (Å²) in [7, 11) is 1.56. The van der Waals surface area contributed by atoms with Gasteiger partial charge in [-0.15, -0.1) is 0 Å². The van der Waals surface area contributed by atoms with Crippen molar-refractivity contribution in [2.75, 3.05) is 18.6 Å². The fourth-order valence-electron chi connectivity index (χ4n) is 3.70. The van der Waals surface area contributed by atoms with Gasteiger partial charge < -0.3 is 15.2 Å². The third kappa shape index (κ3) is 2.93. The number of carbonyl (C=O) groups excluding carboxylic acids is 1. The molecule has 2 N–H and O–H groups in total. The van der Waals surface area contributed by atoms with Gasteiger partial charge in [0.25, 0.3) is 0 Å². The summed E-state index contributed by atoms with van der Waals surface area (Å²) in [6, 6.07) is 17.4. The van der Waals surface area contributed by atoms with E-state index in [0.29, 0.717) is 21.9 Å². The summed E-state index contributed by atoms with van der Waals surface area (Å²) in [6.45, 7) is 1.95. The van der Waals surface area contributed by atoms with E-state index in [1.165, 1.54) is 11.8 Å². The van der Waals surface area contributed by atoms with Crippen LogP contribution in [0.1, 0.15) is 18.4 Å². The molecule has 4 rings (SSSR count). The van der Waals surface area contributed by atoms with E-state index in [1.54, 1.807) is 25.0 Å². The summed E-state index contributed by atoms with van der Waals surface area (Å²) in [4.78, 5) is 15.7. The molecule has 1 unspecified atom stereocenters. The van der Waals surface area contributed by atoms with Crippen LogP contribution < -0.4 is 15.4 Å². The lowest BCUT2D eigenvalue weighted by Crippen LogP contribution is -2.35. The Morgan fingerprint density at radius 2 is 1.97 bits per heavy atom. The fraction of sp³-hybridized carbons (Fsp3) is 0.182. The van der Waals surface area contributed by atoms with Gasteiger partial charge in [-0.05, 0) is 25.1 Å². The Labute approximate surface area is 173 Å². The molecule has 0 saturated carbocycles. The highest BCUT2D eigenvalue weighted by Crippen LogP contribution is 2.55. The number of nitriles is 1. The van der Waals surface area contributed by atoms with Gasteiger partial charge in [0.1, 0.15) is 16.6 Å². The lowest BCUT2D eigenvalue weighted by molar-refractivity contribution is -0.138. The third-order valence-corrected chi connectivity index (χ3v) is 6.07. The number of nitrogens with zero attached hydrogens (tertiary/aromatic N) is 2. The highest BCUT2D eigenvalue weighted by atomic mass is 32.2. The Balaban J connectivity index is 2.00. The van der Waals surface area contributed by atoms with Crippen LogP contribution in [-0.2, 0) is 9.53 Å². The molecule has 2 aliphatic heterocycles. The monoisotopic (exact) mass is 405 g/mol. The number of thioether (sulfide) groups is 1.